The zero-order valence-corrected chi connectivity index (χ0v) is 12.3. The van der Waals surface area contributed by atoms with Crippen molar-refractivity contribution < 1.29 is 19.1 Å². The predicted molar refractivity (Wildman–Crippen MR) is 82.7 cm³/mol. The molecule has 0 saturated carbocycles. The van der Waals surface area contributed by atoms with Crippen molar-refractivity contribution in [1.29, 1.82) is 0 Å². The molecule has 0 bridgehead atoms. The number of hydrogen-bond donors (Lipinski definition) is 3. The number of aryl methyl sites for hydroxylation is 1. The maximum Gasteiger partial charge on any atom is 0.337 e. The SMILES string of the molecule is Cc1[nH]c2c(c1C(=O)O)CC/C2=C1/C(=O)Nc2ccc(F)cc21. The third kappa shape index (κ3) is 1.84. The third-order valence-electron chi connectivity index (χ3n) is 4.46. The van der Waals surface area contributed by atoms with Gasteiger partial charge in [0.15, 0.2) is 0 Å². The number of halogens is 1. The van der Waals surface area contributed by atoms with Crippen LogP contribution in [0.4, 0.5) is 10.1 Å². The van der Waals surface area contributed by atoms with Crippen LogP contribution in [0.1, 0.15) is 39.3 Å². The summed E-state index contributed by atoms with van der Waals surface area (Å²) in [5, 5.41) is 12.1. The van der Waals surface area contributed by atoms with Crippen molar-refractivity contribution in [1.82, 2.24) is 4.98 Å². The summed E-state index contributed by atoms with van der Waals surface area (Å²) in [4.78, 5) is 26.8. The van der Waals surface area contributed by atoms with Gasteiger partial charge in [0.2, 0.25) is 0 Å². The number of hydrogen-bond acceptors (Lipinski definition) is 2. The van der Waals surface area contributed by atoms with E-state index in [-0.39, 0.29) is 11.5 Å². The van der Waals surface area contributed by atoms with E-state index in [2.05, 4.69) is 10.3 Å². The Balaban J connectivity index is 1.97. The van der Waals surface area contributed by atoms with Crippen molar-refractivity contribution in [2.24, 2.45) is 0 Å². The largest absolute Gasteiger partial charge is 0.478 e. The number of carboxylic acid groups (broad SMARTS) is 1. The summed E-state index contributed by atoms with van der Waals surface area (Å²) < 4.78 is 13.6. The maximum atomic E-state index is 13.6. The molecule has 2 aliphatic rings. The number of fused-ring (bicyclic) bond motifs is 2. The number of amides is 1. The number of benzene rings is 1. The fraction of sp³-hybridized carbons (Fsp3) is 0.176. The molecule has 2 heterocycles. The fourth-order valence-electron chi connectivity index (χ4n) is 3.54. The summed E-state index contributed by atoms with van der Waals surface area (Å²) in [5.41, 5.74) is 4.52. The quantitative estimate of drug-likeness (QED) is 0.708. The zero-order valence-electron chi connectivity index (χ0n) is 12.3. The topological polar surface area (TPSA) is 82.2 Å². The van der Waals surface area contributed by atoms with Gasteiger partial charge in [0, 0.05) is 22.6 Å². The van der Waals surface area contributed by atoms with E-state index in [0.29, 0.717) is 41.1 Å². The number of carbonyl (C=O) groups is 2. The third-order valence-corrected chi connectivity index (χ3v) is 4.46. The minimum absolute atomic E-state index is 0.272. The van der Waals surface area contributed by atoms with E-state index in [0.717, 1.165) is 11.1 Å². The van der Waals surface area contributed by atoms with Gasteiger partial charge >= 0.3 is 5.97 Å². The lowest BCUT2D eigenvalue weighted by Crippen LogP contribution is -2.05. The molecule has 0 fully saturated rings. The first-order valence-electron chi connectivity index (χ1n) is 7.27. The highest BCUT2D eigenvalue weighted by Crippen LogP contribution is 2.44. The average molecular weight is 312 g/mol. The lowest BCUT2D eigenvalue weighted by Gasteiger charge is -2.04. The van der Waals surface area contributed by atoms with Crippen molar-refractivity contribution in [3.05, 3.63) is 52.1 Å². The molecule has 1 aromatic carbocycles. The summed E-state index contributed by atoms with van der Waals surface area (Å²) in [5.74, 6) is -1.67. The predicted octanol–water partition coefficient (Wildman–Crippen LogP) is 2.97. The van der Waals surface area contributed by atoms with E-state index in [4.69, 9.17) is 0 Å². The van der Waals surface area contributed by atoms with Crippen LogP contribution in [0.25, 0.3) is 11.1 Å². The van der Waals surface area contributed by atoms with E-state index in [1.54, 1.807) is 6.92 Å². The first-order valence-corrected chi connectivity index (χ1v) is 7.27. The van der Waals surface area contributed by atoms with Gasteiger partial charge in [-0.2, -0.15) is 0 Å². The Morgan fingerprint density at radius 3 is 2.83 bits per heavy atom. The van der Waals surface area contributed by atoms with Gasteiger partial charge in [0.25, 0.3) is 5.91 Å². The number of aromatic amines is 1. The first kappa shape index (κ1) is 13.8. The lowest BCUT2D eigenvalue weighted by molar-refractivity contribution is -0.110. The molecule has 23 heavy (non-hydrogen) atoms. The van der Waals surface area contributed by atoms with Gasteiger partial charge in [0.05, 0.1) is 11.1 Å². The molecule has 1 amide bonds. The van der Waals surface area contributed by atoms with Crippen LogP contribution in [-0.2, 0) is 11.2 Å². The number of allylic oxidation sites excluding steroid dienone is 1. The molecule has 0 spiro atoms. The van der Waals surface area contributed by atoms with Gasteiger partial charge in [-0.1, -0.05) is 0 Å². The molecule has 4 rings (SSSR count). The zero-order chi connectivity index (χ0) is 16.3. The van der Waals surface area contributed by atoms with Crippen LogP contribution in [-0.4, -0.2) is 22.0 Å². The molecule has 0 saturated heterocycles. The first-order chi connectivity index (χ1) is 11.0. The molecular weight excluding hydrogens is 299 g/mol. The molecule has 0 atom stereocenters. The van der Waals surface area contributed by atoms with Crippen molar-refractivity contribution in [2.45, 2.75) is 19.8 Å². The Morgan fingerprint density at radius 1 is 1.30 bits per heavy atom. The number of H-pyrrole nitrogens is 1. The van der Waals surface area contributed by atoms with E-state index >= 15 is 0 Å². The van der Waals surface area contributed by atoms with Gasteiger partial charge in [-0.3, -0.25) is 4.79 Å². The Bertz CT molecular complexity index is 924. The molecule has 6 heteroatoms. The van der Waals surface area contributed by atoms with Gasteiger partial charge in [-0.15, -0.1) is 0 Å². The van der Waals surface area contributed by atoms with Crippen LogP contribution in [0.3, 0.4) is 0 Å². The summed E-state index contributed by atoms with van der Waals surface area (Å²) in [6.07, 6.45) is 1.11. The van der Waals surface area contributed by atoms with E-state index in [1.807, 2.05) is 0 Å². The van der Waals surface area contributed by atoms with Crippen LogP contribution in [0.5, 0.6) is 0 Å². The smallest absolute Gasteiger partial charge is 0.337 e. The maximum absolute atomic E-state index is 13.6. The van der Waals surface area contributed by atoms with Crippen molar-refractivity contribution in [3.63, 3.8) is 0 Å². The molecule has 1 aliphatic carbocycles. The fourth-order valence-corrected chi connectivity index (χ4v) is 3.54. The molecule has 116 valence electrons. The summed E-state index contributed by atoms with van der Waals surface area (Å²) in [6, 6.07) is 4.17. The number of rotatable bonds is 1. The Morgan fingerprint density at radius 2 is 2.09 bits per heavy atom. The van der Waals surface area contributed by atoms with Crippen LogP contribution >= 0.6 is 0 Å². The lowest BCUT2D eigenvalue weighted by atomic mass is 9.99. The van der Waals surface area contributed by atoms with Gasteiger partial charge in [-0.25, -0.2) is 9.18 Å². The normalized spacial score (nSPS) is 18.8. The number of carboxylic acids is 1. The molecular formula is C17H13FN2O3. The number of aromatic carboxylic acids is 1. The van der Waals surface area contributed by atoms with E-state index < -0.39 is 11.8 Å². The van der Waals surface area contributed by atoms with Gasteiger partial charge < -0.3 is 15.4 Å². The number of nitrogens with one attached hydrogen (secondary N) is 2. The minimum atomic E-state index is -0.978. The van der Waals surface area contributed by atoms with Gasteiger partial charge in [-0.05, 0) is 49.1 Å². The van der Waals surface area contributed by atoms with E-state index in [9.17, 15) is 19.1 Å². The Labute approximate surface area is 130 Å². The van der Waals surface area contributed by atoms with E-state index in [1.165, 1.54) is 18.2 Å². The molecule has 1 aromatic heterocycles. The summed E-state index contributed by atoms with van der Waals surface area (Å²) in [7, 11) is 0. The molecule has 0 unspecified atom stereocenters. The summed E-state index contributed by atoms with van der Waals surface area (Å²) >= 11 is 0. The highest BCUT2D eigenvalue weighted by atomic mass is 19.1. The highest BCUT2D eigenvalue weighted by Gasteiger charge is 2.34. The van der Waals surface area contributed by atoms with Crippen molar-refractivity contribution in [2.75, 3.05) is 5.32 Å². The molecule has 3 N–H and O–H groups in total. The van der Waals surface area contributed by atoms with Crippen LogP contribution in [0.15, 0.2) is 18.2 Å². The second-order valence-electron chi connectivity index (χ2n) is 5.78. The van der Waals surface area contributed by atoms with Crippen molar-refractivity contribution in [3.8, 4) is 0 Å². The molecule has 0 radical (unpaired) electrons. The average Bonchev–Trinajstić information content (AvgIpc) is 3.09. The van der Waals surface area contributed by atoms with Gasteiger partial charge in [0.1, 0.15) is 5.82 Å². The standard InChI is InChI=1S/C17H13FN2O3/c1-7-13(17(22)23)9-3-4-10(15(9)19-7)14-11-6-8(18)2-5-12(11)20-16(14)21/h2,5-6,19H,3-4H2,1H3,(H,20,21)(H,22,23)/b14-10-. The molecule has 1 aliphatic heterocycles. The highest BCUT2D eigenvalue weighted by molar-refractivity contribution is 6.37. The molecule has 5 nitrogen and oxygen atoms in total. The number of carbonyl (C=O) groups excluding carboxylic acids is 1. The second-order valence-corrected chi connectivity index (χ2v) is 5.78. The molecule has 2 aromatic rings. The number of anilines is 1. The van der Waals surface area contributed by atoms with Crippen LogP contribution in [0, 0.1) is 12.7 Å². The Hall–Kier alpha value is -2.89. The monoisotopic (exact) mass is 312 g/mol. The van der Waals surface area contributed by atoms with Crippen LogP contribution < -0.4 is 5.32 Å². The minimum Gasteiger partial charge on any atom is -0.478 e. The Kier molecular flexibility index (Phi) is 2.72. The number of aromatic nitrogens is 1. The van der Waals surface area contributed by atoms with Crippen LogP contribution in [0.2, 0.25) is 0 Å². The second kappa shape index (κ2) is 4.55. The van der Waals surface area contributed by atoms with Crippen molar-refractivity contribution >= 4 is 28.7 Å². The summed E-state index contributed by atoms with van der Waals surface area (Å²) in [6.45, 7) is 1.70.